The zero-order chi connectivity index (χ0) is 11.8. The lowest BCUT2D eigenvalue weighted by Gasteiger charge is -2.07. The molecule has 1 rings (SSSR count). The lowest BCUT2D eigenvalue weighted by Crippen LogP contribution is -2.16. The predicted molar refractivity (Wildman–Crippen MR) is 61.1 cm³/mol. The van der Waals surface area contributed by atoms with E-state index >= 15 is 0 Å². The Hall–Kier alpha value is -0.940. The van der Waals surface area contributed by atoms with Gasteiger partial charge in [0, 0.05) is 13.2 Å². The molecule has 0 aliphatic rings. The molecule has 0 fully saturated rings. The van der Waals surface area contributed by atoms with E-state index in [0.717, 1.165) is 43.9 Å². The van der Waals surface area contributed by atoms with Crippen molar-refractivity contribution in [3.8, 4) is 0 Å². The summed E-state index contributed by atoms with van der Waals surface area (Å²) in [4.78, 5) is 0. The van der Waals surface area contributed by atoms with Crippen LogP contribution in [-0.2, 0) is 11.3 Å². The van der Waals surface area contributed by atoms with E-state index in [1.165, 1.54) is 0 Å². The third kappa shape index (κ3) is 5.23. The van der Waals surface area contributed by atoms with E-state index < -0.39 is 0 Å². The second-order valence-electron chi connectivity index (χ2n) is 4.10. The molecule has 0 aliphatic heterocycles. The fourth-order valence-electron chi connectivity index (χ4n) is 1.29. The van der Waals surface area contributed by atoms with E-state index in [1.54, 1.807) is 0 Å². The minimum absolute atomic E-state index is 0.330. The summed E-state index contributed by atoms with van der Waals surface area (Å²) in [5.74, 6) is 0. The lowest BCUT2D eigenvalue weighted by molar-refractivity contribution is 0.0760. The molecular weight excluding hydrogens is 206 g/mol. The Balaban J connectivity index is 1.94. The van der Waals surface area contributed by atoms with Crippen LogP contribution >= 0.6 is 0 Å². The minimum Gasteiger partial charge on any atom is -0.379 e. The lowest BCUT2D eigenvalue weighted by atomic mass is 10.3. The fourth-order valence-corrected chi connectivity index (χ4v) is 1.29. The van der Waals surface area contributed by atoms with Crippen molar-refractivity contribution >= 4 is 0 Å². The molecule has 0 bridgehead atoms. The van der Waals surface area contributed by atoms with Gasteiger partial charge in [0.1, 0.15) is 11.4 Å². The molecule has 92 valence electrons. The van der Waals surface area contributed by atoms with E-state index in [-0.39, 0.29) is 0 Å². The van der Waals surface area contributed by atoms with Gasteiger partial charge in [0.25, 0.3) is 0 Å². The molecule has 0 saturated carbocycles. The van der Waals surface area contributed by atoms with Crippen molar-refractivity contribution in [2.75, 3.05) is 13.2 Å². The standard InChI is InChI=1S/C11H21N3O2/c1-9(2)15-7-5-4-6-12-8-11-10(3)13-16-14-11/h9,12H,4-8H2,1-3H3. The van der Waals surface area contributed by atoms with Crippen LogP contribution in [0.5, 0.6) is 0 Å². The molecule has 5 nitrogen and oxygen atoms in total. The smallest absolute Gasteiger partial charge is 0.121 e. The first-order valence-electron chi connectivity index (χ1n) is 5.80. The molecule has 0 spiro atoms. The van der Waals surface area contributed by atoms with E-state index in [2.05, 4.69) is 34.1 Å². The molecule has 16 heavy (non-hydrogen) atoms. The molecule has 1 aromatic rings. The highest BCUT2D eigenvalue weighted by molar-refractivity contribution is 5.03. The SMILES string of the molecule is Cc1nonc1CNCCCCOC(C)C. The average molecular weight is 227 g/mol. The van der Waals surface area contributed by atoms with Crippen molar-refractivity contribution in [1.82, 2.24) is 15.6 Å². The Bertz CT molecular complexity index is 287. The van der Waals surface area contributed by atoms with Gasteiger partial charge >= 0.3 is 0 Å². The average Bonchev–Trinajstić information content (AvgIpc) is 2.62. The zero-order valence-corrected chi connectivity index (χ0v) is 10.3. The van der Waals surface area contributed by atoms with Crippen LogP contribution in [0.15, 0.2) is 4.63 Å². The monoisotopic (exact) mass is 227 g/mol. The van der Waals surface area contributed by atoms with Crippen LogP contribution in [0, 0.1) is 6.92 Å². The number of rotatable bonds is 8. The molecule has 0 aromatic carbocycles. The molecule has 1 heterocycles. The summed E-state index contributed by atoms with van der Waals surface area (Å²) in [6.07, 6.45) is 2.52. The van der Waals surface area contributed by atoms with Gasteiger partial charge in [0.15, 0.2) is 0 Å². The molecule has 1 N–H and O–H groups in total. The van der Waals surface area contributed by atoms with Crippen molar-refractivity contribution in [2.24, 2.45) is 0 Å². The Morgan fingerprint density at radius 1 is 1.31 bits per heavy atom. The van der Waals surface area contributed by atoms with Gasteiger partial charge < -0.3 is 10.1 Å². The molecular formula is C11H21N3O2. The fraction of sp³-hybridized carbons (Fsp3) is 0.818. The van der Waals surface area contributed by atoms with Crippen LogP contribution in [0.1, 0.15) is 38.1 Å². The quantitative estimate of drug-likeness (QED) is 0.685. The van der Waals surface area contributed by atoms with Crippen LogP contribution in [0.3, 0.4) is 0 Å². The van der Waals surface area contributed by atoms with Gasteiger partial charge in [-0.25, -0.2) is 4.63 Å². The zero-order valence-electron chi connectivity index (χ0n) is 10.3. The normalized spacial score (nSPS) is 11.2. The number of ether oxygens (including phenoxy) is 1. The molecule has 0 radical (unpaired) electrons. The molecule has 0 saturated heterocycles. The molecule has 0 atom stereocenters. The van der Waals surface area contributed by atoms with Gasteiger partial charge in [-0.15, -0.1) is 0 Å². The molecule has 0 amide bonds. The van der Waals surface area contributed by atoms with E-state index in [1.807, 2.05) is 6.92 Å². The van der Waals surface area contributed by atoms with Crippen LogP contribution in [0.4, 0.5) is 0 Å². The Morgan fingerprint density at radius 2 is 2.12 bits per heavy atom. The third-order valence-corrected chi connectivity index (χ3v) is 2.24. The van der Waals surface area contributed by atoms with Gasteiger partial charge in [0.05, 0.1) is 6.10 Å². The molecule has 0 unspecified atom stereocenters. The van der Waals surface area contributed by atoms with Gasteiger partial charge in [-0.3, -0.25) is 0 Å². The molecule has 1 aromatic heterocycles. The second-order valence-corrected chi connectivity index (χ2v) is 4.10. The topological polar surface area (TPSA) is 60.2 Å². The maximum absolute atomic E-state index is 5.45. The molecule has 5 heteroatoms. The Morgan fingerprint density at radius 3 is 2.75 bits per heavy atom. The summed E-state index contributed by atoms with van der Waals surface area (Å²) in [6, 6.07) is 0. The molecule has 0 aliphatic carbocycles. The van der Waals surface area contributed by atoms with Gasteiger partial charge in [-0.05, 0) is 40.2 Å². The van der Waals surface area contributed by atoms with E-state index in [0.29, 0.717) is 6.10 Å². The summed E-state index contributed by atoms with van der Waals surface area (Å²) >= 11 is 0. The minimum atomic E-state index is 0.330. The number of nitrogens with one attached hydrogen (secondary N) is 1. The maximum atomic E-state index is 5.45. The summed E-state index contributed by atoms with van der Waals surface area (Å²) in [5.41, 5.74) is 1.74. The predicted octanol–water partition coefficient (Wildman–Crippen LogP) is 1.67. The van der Waals surface area contributed by atoms with Crippen molar-refractivity contribution in [2.45, 2.75) is 46.3 Å². The van der Waals surface area contributed by atoms with Gasteiger partial charge in [0.2, 0.25) is 0 Å². The largest absolute Gasteiger partial charge is 0.379 e. The van der Waals surface area contributed by atoms with Crippen LogP contribution in [-0.4, -0.2) is 29.6 Å². The summed E-state index contributed by atoms with van der Waals surface area (Å²) in [7, 11) is 0. The first-order valence-corrected chi connectivity index (χ1v) is 5.80. The van der Waals surface area contributed by atoms with Crippen molar-refractivity contribution in [3.05, 3.63) is 11.4 Å². The van der Waals surface area contributed by atoms with Crippen molar-refractivity contribution < 1.29 is 9.37 Å². The van der Waals surface area contributed by atoms with Crippen molar-refractivity contribution in [1.29, 1.82) is 0 Å². The summed E-state index contributed by atoms with van der Waals surface area (Å²) < 4.78 is 10.1. The van der Waals surface area contributed by atoms with Crippen molar-refractivity contribution in [3.63, 3.8) is 0 Å². The van der Waals surface area contributed by atoms with E-state index in [9.17, 15) is 0 Å². The number of hydrogen-bond acceptors (Lipinski definition) is 5. The highest BCUT2D eigenvalue weighted by atomic mass is 16.6. The Kier molecular flexibility index (Phi) is 6.03. The highest BCUT2D eigenvalue weighted by Crippen LogP contribution is 1.99. The van der Waals surface area contributed by atoms with E-state index in [4.69, 9.17) is 4.74 Å². The number of aromatic nitrogens is 2. The van der Waals surface area contributed by atoms with Gasteiger partial charge in [-0.2, -0.15) is 0 Å². The first kappa shape index (κ1) is 13.1. The number of aryl methyl sites for hydroxylation is 1. The van der Waals surface area contributed by atoms with Crippen LogP contribution in [0.25, 0.3) is 0 Å². The maximum Gasteiger partial charge on any atom is 0.121 e. The number of hydrogen-bond donors (Lipinski definition) is 1. The van der Waals surface area contributed by atoms with Crippen LogP contribution in [0.2, 0.25) is 0 Å². The number of nitrogens with zero attached hydrogens (tertiary/aromatic N) is 2. The third-order valence-electron chi connectivity index (χ3n) is 2.24. The Labute approximate surface area is 96.5 Å². The second kappa shape index (κ2) is 7.35. The first-order chi connectivity index (χ1) is 7.70. The number of unbranched alkanes of at least 4 members (excludes halogenated alkanes) is 1. The summed E-state index contributed by atoms with van der Waals surface area (Å²) in [6.45, 7) is 8.53. The summed E-state index contributed by atoms with van der Waals surface area (Å²) in [5, 5.41) is 10.8. The van der Waals surface area contributed by atoms with Crippen LogP contribution < -0.4 is 5.32 Å². The van der Waals surface area contributed by atoms with Gasteiger partial charge in [-0.1, -0.05) is 10.3 Å². The highest BCUT2D eigenvalue weighted by Gasteiger charge is 2.03.